The van der Waals surface area contributed by atoms with E-state index in [1.807, 2.05) is 11.3 Å². The highest BCUT2D eigenvalue weighted by Gasteiger charge is 2.29. The highest BCUT2D eigenvalue weighted by Crippen LogP contribution is 2.37. The van der Waals surface area contributed by atoms with Gasteiger partial charge >= 0.3 is 0 Å². The SMILES string of the molecule is CC(C)Cn1ncnc1CN1CCC[C@H]1c1nc2ccccc2s1. The molecule has 0 unspecified atom stereocenters. The molecule has 1 atom stereocenters. The van der Waals surface area contributed by atoms with Gasteiger partial charge in [0.25, 0.3) is 0 Å². The van der Waals surface area contributed by atoms with Gasteiger partial charge in [-0.2, -0.15) is 5.10 Å². The van der Waals surface area contributed by atoms with Crippen molar-refractivity contribution < 1.29 is 0 Å². The maximum atomic E-state index is 4.88. The van der Waals surface area contributed by atoms with E-state index in [1.54, 1.807) is 6.33 Å². The molecule has 6 heteroatoms. The molecule has 126 valence electrons. The highest BCUT2D eigenvalue weighted by atomic mass is 32.1. The van der Waals surface area contributed by atoms with Crippen LogP contribution < -0.4 is 0 Å². The van der Waals surface area contributed by atoms with Crippen LogP contribution in [0.4, 0.5) is 0 Å². The van der Waals surface area contributed by atoms with E-state index in [1.165, 1.54) is 22.5 Å². The standard InChI is InChI=1S/C18H23N5S/c1-13(2)10-23-17(19-12-20-23)11-22-9-5-7-15(22)18-21-14-6-3-4-8-16(14)24-18/h3-4,6,8,12-13,15H,5,7,9-11H2,1-2H3/t15-/m0/s1. The predicted molar refractivity (Wildman–Crippen MR) is 96.9 cm³/mol. The van der Waals surface area contributed by atoms with Crippen LogP contribution in [0.15, 0.2) is 30.6 Å². The quantitative estimate of drug-likeness (QED) is 0.706. The number of fused-ring (bicyclic) bond motifs is 1. The average molecular weight is 341 g/mol. The lowest BCUT2D eigenvalue weighted by Gasteiger charge is -2.22. The number of likely N-dealkylation sites (tertiary alicyclic amines) is 1. The van der Waals surface area contributed by atoms with Crippen molar-refractivity contribution in [2.24, 2.45) is 5.92 Å². The largest absolute Gasteiger partial charge is 0.287 e. The summed E-state index contributed by atoms with van der Waals surface area (Å²) in [6.45, 7) is 7.31. The molecule has 0 aliphatic carbocycles. The average Bonchev–Trinajstić information content (AvgIpc) is 3.27. The van der Waals surface area contributed by atoms with Gasteiger partial charge in [0.05, 0.1) is 22.8 Å². The van der Waals surface area contributed by atoms with Gasteiger partial charge in [-0.15, -0.1) is 11.3 Å². The topological polar surface area (TPSA) is 46.8 Å². The van der Waals surface area contributed by atoms with Gasteiger partial charge in [-0.05, 0) is 37.4 Å². The molecule has 0 saturated carbocycles. The summed E-state index contributed by atoms with van der Waals surface area (Å²) in [5.41, 5.74) is 1.12. The molecule has 1 aromatic carbocycles. The first-order chi connectivity index (χ1) is 11.7. The molecule has 5 nitrogen and oxygen atoms in total. The third-order valence-corrected chi connectivity index (χ3v) is 5.68. The second kappa shape index (κ2) is 6.61. The van der Waals surface area contributed by atoms with E-state index in [9.17, 15) is 0 Å². The number of benzene rings is 1. The molecule has 0 amide bonds. The Kier molecular flexibility index (Phi) is 4.33. The molecule has 4 rings (SSSR count). The molecule has 1 fully saturated rings. The molecule has 1 aliphatic rings. The molecule has 1 saturated heterocycles. The Bertz CT molecular complexity index is 789. The van der Waals surface area contributed by atoms with E-state index in [0.717, 1.165) is 31.0 Å². The number of hydrogen-bond donors (Lipinski definition) is 0. The summed E-state index contributed by atoms with van der Waals surface area (Å²) in [5, 5.41) is 5.64. The van der Waals surface area contributed by atoms with Crippen molar-refractivity contribution in [2.75, 3.05) is 6.54 Å². The monoisotopic (exact) mass is 341 g/mol. The number of nitrogens with zero attached hydrogens (tertiary/aromatic N) is 5. The Labute approximate surface area is 146 Å². The van der Waals surface area contributed by atoms with Crippen LogP contribution in [0.5, 0.6) is 0 Å². The lowest BCUT2D eigenvalue weighted by molar-refractivity contribution is 0.235. The van der Waals surface area contributed by atoms with E-state index in [0.29, 0.717) is 12.0 Å². The maximum absolute atomic E-state index is 4.88. The highest BCUT2D eigenvalue weighted by molar-refractivity contribution is 7.18. The number of aromatic nitrogens is 4. The molecule has 3 aromatic rings. The van der Waals surface area contributed by atoms with Crippen molar-refractivity contribution in [3.8, 4) is 0 Å². The van der Waals surface area contributed by atoms with Crippen molar-refractivity contribution in [3.05, 3.63) is 41.4 Å². The van der Waals surface area contributed by atoms with E-state index in [-0.39, 0.29) is 0 Å². The first-order valence-corrected chi connectivity index (χ1v) is 9.48. The van der Waals surface area contributed by atoms with Gasteiger partial charge < -0.3 is 0 Å². The van der Waals surface area contributed by atoms with Gasteiger partial charge in [0, 0.05) is 6.54 Å². The van der Waals surface area contributed by atoms with Crippen LogP contribution in [0.3, 0.4) is 0 Å². The fourth-order valence-electron chi connectivity index (χ4n) is 3.42. The van der Waals surface area contributed by atoms with Crippen molar-refractivity contribution in [1.29, 1.82) is 0 Å². The van der Waals surface area contributed by atoms with E-state index in [4.69, 9.17) is 4.98 Å². The molecule has 3 heterocycles. The predicted octanol–water partition coefficient (Wildman–Crippen LogP) is 3.88. The number of thiazole rings is 1. The Morgan fingerprint density at radius 1 is 1.29 bits per heavy atom. The summed E-state index contributed by atoms with van der Waals surface area (Å²) in [7, 11) is 0. The van der Waals surface area contributed by atoms with Crippen LogP contribution in [0.25, 0.3) is 10.2 Å². The zero-order valence-corrected chi connectivity index (χ0v) is 15.0. The summed E-state index contributed by atoms with van der Waals surface area (Å²) < 4.78 is 3.33. The second-order valence-corrected chi connectivity index (χ2v) is 7.96. The van der Waals surface area contributed by atoms with Gasteiger partial charge in [0.2, 0.25) is 0 Å². The first kappa shape index (κ1) is 15.7. The summed E-state index contributed by atoms with van der Waals surface area (Å²) in [4.78, 5) is 11.9. The summed E-state index contributed by atoms with van der Waals surface area (Å²) in [6.07, 6.45) is 4.08. The third kappa shape index (κ3) is 3.08. The first-order valence-electron chi connectivity index (χ1n) is 8.67. The summed E-state index contributed by atoms with van der Waals surface area (Å²) in [5.74, 6) is 1.64. The van der Waals surface area contributed by atoms with Gasteiger partial charge in [0.15, 0.2) is 0 Å². The van der Waals surface area contributed by atoms with Crippen LogP contribution in [0.2, 0.25) is 0 Å². The molecule has 1 aliphatic heterocycles. The normalized spacial score (nSPS) is 18.9. The molecule has 0 N–H and O–H groups in total. The molecule has 0 radical (unpaired) electrons. The minimum atomic E-state index is 0.409. The van der Waals surface area contributed by atoms with Crippen LogP contribution in [-0.2, 0) is 13.1 Å². The van der Waals surface area contributed by atoms with Crippen LogP contribution in [-0.4, -0.2) is 31.2 Å². The van der Waals surface area contributed by atoms with E-state index in [2.05, 4.69) is 57.8 Å². The zero-order chi connectivity index (χ0) is 16.5. The van der Waals surface area contributed by atoms with Gasteiger partial charge in [-0.1, -0.05) is 26.0 Å². The lowest BCUT2D eigenvalue weighted by Crippen LogP contribution is -2.25. The minimum Gasteiger partial charge on any atom is -0.287 e. The molecular weight excluding hydrogens is 318 g/mol. The summed E-state index contributed by atoms with van der Waals surface area (Å²) in [6, 6.07) is 8.83. The van der Waals surface area contributed by atoms with Crippen LogP contribution >= 0.6 is 11.3 Å². The van der Waals surface area contributed by atoms with Crippen molar-refractivity contribution in [2.45, 2.75) is 45.8 Å². The lowest BCUT2D eigenvalue weighted by atomic mass is 10.2. The Morgan fingerprint density at radius 2 is 2.17 bits per heavy atom. The Hall–Kier alpha value is -1.79. The number of hydrogen-bond acceptors (Lipinski definition) is 5. The van der Waals surface area contributed by atoms with E-state index >= 15 is 0 Å². The van der Waals surface area contributed by atoms with Crippen LogP contribution in [0, 0.1) is 5.92 Å². The molecule has 2 aromatic heterocycles. The van der Waals surface area contributed by atoms with Gasteiger partial charge in [-0.3, -0.25) is 4.90 Å². The Morgan fingerprint density at radius 3 is 3.00 bits per heavy atom. The number of rotatable bonds is 5. The summed E-state index contributed by atoms with van der Waals surface area (Å²) >= 11 is 1.83. The molecule has 24 heavy (non-hydrogen) atoms. The fourth-order valence-corrected chi connectivity index (χ4v) is 4.56. The van der Waals surface area contributed by atoms with Crippen molar-refractivity contribution in [3.63, 3.8) is 0 Å². The third-order valence-electron chi connectivity index (χ3n) is 4.54. The van der Waals surface area contributed by atoms with Crippen molar-refractivity contribution >= 4 is 21.6 Å². The molecular formula is C18H23N5S. The van der Waals surface area contributed by atoms with E-state index < -0.39 is 0 Å². The maximum Gasteiger partial charge on any atom is 0.141 e. The minimum absolute atomic E-state index is 0.409. The molecule has 0 spiro atoms. The second-order valence-electron chi connectivity index (χ2n) is 6.90. The Balaban J connectivity index is 1.56. The van der Waals surface area contributed by atoms with Crippen LogP contribution in [0.1, 0.15) is 43.6 Å². The van der Waals surface area contributed by atoms with Gasteiger partial charge in [-0.25, -0.2) is 14.6 Å². The fraction of sp³-hybridized carbons (Fsp3) is 0.500. The number of para-hydroxylation sites is 1. The zero-order valence-electron chi connectivity index (χ0n) is 14.2. The van der Waals surface area contributed by atoms with Crippen molar-refractivity contribution in [1.82, 2.24) is 24.6 Å². The molecule has 0 bridgehead atoms. The van der Waals surface area contributed by atoms with Gasteiger partial charge in [0.1, 0.15) is 17.2 Å². The smallest absolute Gasteiger partial charge is 0.141 e.